The number of halogens is 1. The highest BCUT2D eigenvalue weighted by Gasteiger charge is 2.53. The fourth-order valence-electron chi connectivity index (χ4n) is 3.78. The molecule has 1 aliphatic rings. The molecule has 28 heavy (non-hydrogen) atoms. The highest BCUT2D eigenvalue weighted by atomic mass is 127. The summed E-state index contributed by atoms with van der Waals surface area (Å²) in [6.07, 6.45) is 6.71. The van der Waals surface area contributed by atoms with Crippen LogP contribution in [0.1, 0.15) is 56.6 Å². The van der Waals surface area contributed by atoms with Crippen LogP contribution in [-0.2, 0) is 10.3 Å². The van der Waals surface area contributed by atoms with Crippen LogP contribution in [0, 0.1) is 3.57 Å². The highest BCUT2D eigenvalue weighted by Crippen LogP contribution is 2.36. The molecule has 1 atom stereocenters. The summed E-state index contributed by atoms with van der Waals surface area (Å²) < 4.78 is 1.09. The molecule has 0 radical (unpaired) electrons. The van der Waals surface area contributed by atoms with Crippen LogP contribution in [0.2, 0.25) is 0 Å². The number of carbonyl (C=O) groups is 2. The summed E-state index contributed by atoms with van der Waals surface area (Å²) in [5, 5.41) is 3.02. The lowest BCUT2D eigenvalue weighted by Crippen LogP contribution is -2.45. The summed E-state index contributed by atoms with van der Waals surface area (Å²) in [7, 11) is 0. The summed E-state index contributed by atoms with van der Waals surface area (Å²) in [5.41, 5.74) is 0.438. The number of carbonyl (C=O) groups excluding carboxylic acids is 2. The molecule has 1 aliphatic heterocycles. The van der Waals surface area contributed by atoms with Crippen molar-refractivity contribution < 1.29 is 9.59 Å². The lowest BCUT2D eigenvalue weighted by atomic mass is 9.82. The maximum atomic E-state index is 13.5. The number of urea groups is 1. The van der Waals surface area contributed by atoms with E-state index in [1.54, 1.807) is 0 Å². The fraction of sp³-hybridized carbons (Fsp3) is 0.391. The molecule has 5 heteroatoms. The van der Waals surface area contributed by atoms with Gasteiger partial charge in [0, 0.05) is 10.1 Å². The van der Waals surface area contributed by atoms with Crippen LogP contribution in [0.3, 0.4) is 0 Å². The van der Waals surface area contributed by atoms with Gasteiger partial charge in [-0.25, -0.2) is 4.79 Å². The lowest BCUT2D eigenvalue weighted by Gasteiger charge is -2.28. The Morgan fingerprint density at radius 2 is 1.46 bits per heavy atom. The Bertz CT molecular complexity index is 807. The maximum absolute atomic E-state index is 13.5. The lowest BCUT2D eigenvalue weighted by molar-refractivity contribution is -0.130. The number of nitrogens with zero attached hydrogens (tertiary/aromatic N) is 1. The number of imide groups is 1. The predicted octanol–water partition coefficient (Wildman–Crippen LogP) is 5.45. The number of amides is 3. The molecule has 0 spiro atoms. The van der Waals surface area contributed by atoms with Crippen molar-refractivity contribution in [2.24, 2.45) is 0 Å². The Balaban J connectivity index is 1.84. The first-order valence-electron chi connectivity index (χ1n) is 10.0. The van der Waals surface area contributed by atoms with Gasteiger partial charge >= 0.3 is 6.03 Å². The van der Waals surface area contributed by atoms with E-state index in [-0.39, 0.29) is 11.9 Å². The quantitative estimate of drug-likeness (QED) is 0.289. The molecule has 1 unspecified atom stereocenters. The summed E-state index contributed by atoms with van der Waals surface area (Å²) >= 11 is 2.24. The first kappa shape index (κ1) is 20.8. The molecule has 1 N–H and O–H groups in total. The highest BCUT2D eigenvalue weighted by molar-refractivity contribution is 14.1. The van der Waals surface area contributed by atoms with Crippen LogP contribution >= 0.6 is 22.6 Å². The summed E-state index contributed by atoms with van der Waals surface area (Å²) in [5.74, 6) is -0.182. The average Bonchev–Trinajstić information content (AvgIpc) is 2.97. The van der Waals surface area contributed by atoms with E-state index in [2.05, 4.69) is 34.8 Å². The average molecular weight is 490 g/mol. The van der Waals surface area contributed by atoms with E-state index in [4.69, 9.17) is 0 Å². The molecule has 0 aliphatic carbocycles. The van der Waals surface area contributed by atoms with Gasteiger partial charge < -0.3 is 5.32 Å². The van der Waals surface area contributed by atoms with Crippen molar-refractivity contribution >= 4 is 34.5 Å². The van der Waals surface area contributed by atoms with Gasteiger partial charge in [-0.05, 0) is 52.3 Å². The Hall–Kier alpha value is -1.89. The smallest absolute Gasteiger partial charge is 0.315 e. The number of nitrogens with one attached hydrogen (secondary N) is 1. The molecule has 0 bridgehead atoms. The SMILES string of the molecule is CCCCCCCCN1C(=O)NC(c2ccccc2)(c2ccc(I)cc2)C1=O. The summed E-state index contributed by atoms with van der Waals surface area (Å²) in [6, 6.07) is 17.0. The van der Waals surface area contributed by atoms with E-state index in [9.17, 15) is 9.59 Å². The molecule has 148 valence electrons. The fourth-order valence-corrected chi connectivity index (χ4v) is 4.13. The van der Waals surface area contributed by atoms with Gasteiger partial charge in [0.15, 0.2) is 5.54 Å². The van der Waals surface area contributed by atoms with Crippen molar-refractivity contribution in [3.05, 3.63) is 69.3 Å². The Labute approximate surface area is 180 Å². The monoisotopic (exact) mass is 490 g/mol. The first-order chi connectivity index (χ1) is 13.6. The molecular formula is C23H27IN2O2. The van der Waals surface area contributed by atoms with E-state index in [1.165, 1.54) is 24.2 Å². The van der Waals surface area contributed by atoms with Crippen LogP contribution in [0.5, 0.6) is 0 Å². The minimum atomic E-state index is -1.15. The second kappa shape index (κ2) is 9.54. The van der Waals surface area contributed by atoms with E-state index in [0.29, 0.717) is 6.54 Å². The van der Waals surface area contributed by atoms with Gasteiger partial charge in [-0.1, -0.05) is 81.5 Å². The van der Waals surface area contributed by atoms with Crippen molar-refractivity contribution in [3.8, 4) is 0 Å². The van der Waals surface area contributed by atoms with Crippen molar-refractivity contribution in [3.63, 3.8) is 0 Å². The van der Waals surface area contributed by atoms with E-state index in [1.807, 2.05) is 54.6 Å². The standard InChI is InChI=1S/C23H27IN2O2/c1-2-3-4-5-6-10-17-26-21(27)23(25-22(26)28,18-11-8-7-9-12-18)19-13-15-20(24)16-14-19/h7-9,11-16H,2-6,10,17H2,1H3,(H,25,28). The van der Waals surface area contributed by atoms with Crippen molar-refractivity contribution in [2.45, 2.75) is 51.0 Å². The van der Waals surface area contributed by atoms with Gasteiger partial charge in [-0.2, -0.15) is 0 Å². The van der Waals surface area contributed by atoms with Crippen molar-refractivity contribution in [1.82, 2.24) is 10.2 Å². The third-order valence-corrected chi connectivity index (χ3v) is 6.04. The van der Waals surface area contributed by atoms with Gasteiger partial charge in [0.1, 0.15) is 0 Å². The van der Waals surface area contributed by atoms with Gasteiger partial charge in [-0.3, -0.25) is 9.69 Å². The van der Waals surface area contributed by atoms with Crippen LogP contribution in [0.25, 0.3) is 0 Å². The summed E-state index contributed by atoms with van der Waals surface area (Å²) in [6.45, 7) is 2.66. The van der Waals surface area contributed by atoms with Gasteiger partial charge in [0.05, 0.1) is 0 Å². The molecule has 3 amide bonds. The third-order valence-electron chi connectivity index (χ3n) is 5.32. The number of hydrogen-bond acceptors (Lipinski definition) is 2. The Morgan fingerprint density at radius 1 is 0.857 bits per heavy atom. The topological polar surface area (TPSA) is 49.4 Å². The largest absolute Gasteiger partial charge is 0.325 e. The van der Waals surface area contributed by atoms with E-state index < -0.39 is 5.54 Å². The summed E-state index contributed by atoms with van der Waals surface area (Å²) in [4.78, 5) is 27.7. The Morgan fingerprint density at radius 3 is 2.14 bits per heavy atom. The predicted molar refractivity (Wildman–Crippen MR) is 120 cm³/mol. The number of benzene rings is 2. The maximum Gasteiger partial charge on any atom is 0.325 e. The zero-order valence-corrected chi connectivity index (χ0v) is 18.4. The first-order valence-corrected chi connectivity index (χ1v) is 11.1. The Kier molecular flexibility index (Phi) is 7.10. The number of rotatable bonds is 9. The number of unbranched alkanes of at least 4 members (excludes halogenated alkanes) is 5. The molecule has 2 aromatic carbocycles. The molecule has 4 nitrogen and oxygen atoms in total. The molecular weight excluding hydrogens is 463 g/mol. The van der Waals surface area contributed by atoms with Crippen LogP contribution in [0.15, 0.2) is 54.6 Å². The second-order valence-corrected chi connectivity index (χ2v) is 8.52. The van der Waals surface area contributed by atoms with Gasteiger partial charge in [0.2, 0.25) is 0 Å². The zero-order chi connectivity index (χ0) is 20.0. The minimum Gasteiger partial charge on any atom is -0.315 e. The van der Waals surface area contributed by atoms with Gasteiger partial charge in [0.25, 0.3) is 5.91 Å². The molecule has 1 fully saturated rings. The van der Waals surface area contributed by atoms with Crippen LogP contribution in [0.4, 0.5) is 4.79 Å². The normalized spacial score (nSPS) is 19.1. The van der Waals surface area contributed by atoms with E-state index in [0.717, 1.165) is 34.0 Å². The van der Waals surface area contributed by atoms with Gasteiger partial charge in [-0.15, -0.1) is 0 Å². The molecule has 1 heterocycles. The van der Waals surface area contributed by atoms with Crippen LogP contribution in [-0.4, -0.2) is 23.4 Å². The molecule has 0 aromatic heterocycles. The zero-order valence-electron chi connectivity index (χ0n) is 16.3. The molecule has 0 saturated carbocycles. The van der Waals surface area contributed by atoms with Crippen molar-refractivity contribution in [1.29, 1.82) is 0 Å². The molecule has 3 rings (SSSR count). The van der Waals surface area contributed by atoms with Crippen LogP contribution < -0.4 is 5.32 Å². The second-order valence-electron chi connectivity index (χ2n) is 7.28. The van der Waals surface area contributed by atoms with E-state index >= 15 is 0 Å². The molecule has 2 aromatic rings. The number of hydrogen-bond donors (Lipinski definition) is 1. The third kappa shape index (κ3) is 4.24. The van der Waals surface area contributed by atoms with Crippen molar-refractivity contribution in [2.75, 3.05) is 6.54 Å². The minimum absolute atomic E-state index is 0.182. The molecule has 1 saturated heterocycles.